The monoisotopic (exact) mass is 668 g/mol. The number of aliphatic carboxylic acids is 1. The molecule has 1 aromatic heterocycles. The highest BCUT2D eigenvalue weighted by atomic mass is 16.5. The van der Waals surface area contributed by atoms with Crippen molar-refractivity contribution in [3.63, 3.8) is 0 Å². The molecule has 48 heavy (non-hydrogen) atoms. The van der Waals surface area contributed by atoms with Crippen LogP contribution in [0.1, 0.15) is 114 Å². The highest BCUT2D eigenvalue weighted by Crippen LogP contribution is 2.75. The number of fused-ring (bicyclic) bond motifs is 3. The molecule has 0 spiro atoms. The molecule has 4 fully saturated rings. The minimum absolute atomic E-state index is 0.0534. The van der Waals surface area contributed by atoms with E-state index in [0.717, 1.165) is 38.5 Å². The lowest BCUT2D eigenvalue weighted by atomic mass is 9.34. The third-order valence-corrected chi connectivity index (χ3v) is 16.4. The van der Waals surface area contributed by atoms with Gasteiger partial charge in [-0.1, -0.05) is 74.0 Å². The Kier molecular flexibility index (Phi) is 8.81. The van der Waals surface area contributed by atoms with Crippen LogP contribution in [0.4, 0.5) is 5.95 Å². The number of carboxylic acids is 1. The second-order valence-electron chi connectivity index (χ2n) is 18.8. The van der Waals surface area contributed by atoms with Crippen LogP contribution in [0.15, 0.2) is 18.0 Å². The normalized spacial score (nSPS) is 44.3. The van der Waals surface area contributed by atoms with E-state index in [1.165, 1.54) is 5.57 Å². The maximum atomic E-state index is 13.4. The maximum absolute atomic E-state index is 13.4. The Morgan fingerprint density at radius 2 is 1.85 bits per heavy atom. The van der Waals surface area contributed by atoms with Gasteiger partial charge in [-0.2, -0.15) is 0 Å². The molecule has 3 saturated carbocycles. The fourth-order valence-electron chi connectivity index (χ4n) is 12.4. The second kappa shape index (κ2) is 11.8. The van der Waals surface area contributed by atoms with Crippen molar-refractivity contribution in [3.8, 4) is 0 Å². The van der Waals surface area contributed by atoms with Crippen LogP contribution in [0.5, 0.6) is 0 Å². The lowest BCUT2D eigenvalue weighted by molar-refractivity contribution is -0.253. The lowest BCUT2D eigenvalue weighted by Crippen LogP contribution is -2.69. The molecule has 0 radical (unpaired) electrons. The quantitative estimate of drug-likeness (QED) is 0.240. The number of carboxylic acid groups (broad SMARTS) is 1. The molecule has 2 heterocycles. The summed E-state index contributed by atoms with van der Waals surface area (Å²) in [5, 5.41) is 19.3. The van der Waals surface area contributed by atoms with Crippen molar-refractivity contribution in [1.29, 1.82) is 0 Å². The highest BCUT2D eigenvalue weighted by molar-refractivity contribution is 5.73. The molecule has 9 heteroatoms. The number of rotatable bonds is 9. The van der Waals surface area contributed by atoms with Gasteiger partial charge in [0.2, 0.25) is 5.95 Å². The average molecular weight is 668 g/mol. The van der Waals surface area contributed by atoms with E-state index in [0.29, 0.717) is 49.4 Å². The van der Waals surface area contributed by atoms with E-state index < -0.39 is 11.9 Å². The number of likely N-dealkylation sites (N-methyl/N-ethyl adjacent to an activating group) is 1. The third-order valence-electron chi connectivity index (χ3n) is 16.4. The SMILES string of the molecule is CN[C@@](C)(CO[C@H]1[C@H](n2cnc(N)n2)C[C@@]23COC[C@@]1(C)[C@@H]2CC[C@H]1C3=CC[C@@]2(C)[C@H](C(=O)O)[C@@](C)([C@H](C)C(C)C)CC[C@]12C)C(C)C. The number of nitrogens with zero attached hydrogens (tertiary/aromatic N) is 3. The minimum atomic E-state index is -0.618. The molecule has 12 atom stereocenters. The summed E-state index contributed by atoms with van der Waals surface area (Å²) in [6.45, 7) is 24.9. The van der Waals surface area contributed by atoms with Crippen molar-refractivity contribution in [2.45, 2.75) is 125 Å². The summed E-state index contributed by atoms with van der Waals surface area (Å²) in [5.74, 6) is 1.09. The highest BCUT2D eigenvalue weighted by Gasteiger charge is 2.72. The molecule has 4 N–H and O–H groups in total. The Balaban J connectivity index is 1.44. The molecular formula is C39H65N5O4. The second-order valence-corrected chi connectivity index (χ2v) is 18.8. The first-order chi connectivity index (χ1) is 22.3. The zero-order valence-corrected chi connectivity index (χ0v) is 31.7. The summed E-state index contributed by atoms with van der Waals surface area (Å²) in [6, 6.07) is -0.0534. The van der Waals surface area contributed by atoms with Gasteiger partial charge in [-0.25, -0.2) is 9.67 Å². The fraction of sp³-hybridized carbons (Fsp3) is 0.872. The van der Waals surface area contributed by atoms with Gasteiger partial charge in [-0.05, 0) is 98.3 Å². The Labute approximate surface area is 289 Å². The number of hydrogen-bond donors (Lipinski definition) is 3. The maximum Gasteiger partial charge on any atom is 0.307 e. The molecule has 9 nitrogen and oxygen atoms in total. The predicted octanol–water partition coefficient (Wildman–Crippen LogP) is 7.01. The summed E-state index contributed by atoms with van der Waals surface area (Å²) in [5.41, 5.74) is 6.33. The number of nitrogens with two attached hydrogens (primary N) is 1. The van der Waals surface area contributed by atoms with Gasteiger partial charge in [0, 0.05) is 16.4 Å². The number of allylic oxidation sites excluding steroid dienone is 1. The van der Waals surface area contributed by atoms with Crippen LogP contribution in [0.25, 0.3) is 0 Å². The summed E-state index contributed by atoms with van der Waals surface area (Å²) in [4.78, 5) is 17.8. The Bertz CT molecular complexity index is 1430. The van der Waals surface area contributed by atoms with E-state index in [4.69, 9.17) is 20.3 Å². The van der Waals surface area contributed by atoms with Gasteiger partial charge in [0.15, 0.2) is 0 Å². The standard InChI is InChI=1S/C39H65N5O4/c1-23(2)25(5)34(6)16-17-36(8)26-12-13-29-35(7)19-47-21-39(29,27(26)14-15-37(36,9)30(34)32(45)46)18-28(44-22-42-33(40)43-44)31(35)48-20-38(10,41-11)24(3)4/h14,22-26,28-31,41H,12-13,15-21H2,1-11H3,(H2,40,43)(H,45,46)/t25-,26+,28-,29+,30-,31+,34-,35+,36-,37+,38+,39+/m1/s1. The smallest absolute Gasteiger partial charge is 0.307 e. The molecule has 0 unspecified atom stereocenters. The molecule has 1 aliphatic heterocycles. The van der Waals surface area contributed by atoms with Gasteiger partial charge in [-0.3, -0.25) is 4.79 Å². The average Bonchev–Trinajstić information content (AvgIpc) is 3.45. The lowest BCUT2D eigenvalue weighted by Gasteiger charge is -2.71. The number of nitrogens with one attached hydrogen (secondary N) is 1. The molecule has 0 amide bonds. The summed E-state index contributed by atoms with van der Waals surface area (Å²) in [6.07, 6.45) is 9.97. The van der Waals surface area contributed by atoms with Crippen LogP contribution in [-0.2, 0) is 14.3 Å². The van der Waals surface area contributed by atoms with E-state index >= 15 is 0 Å². The molecule has 6 rings (SSSR count). The van der Waals surface area contributed by atoms with Crippen molar-refractivity contribution in [2.75, 3.05) is 32.6 Å². The zero-order valence-electron chi connectivity index (χ0n) is 31.7. The number of hydrogen-bond acceptors (Lipinski definition) is 7. The van der Waals surface area contributed by atoms with E-state index in [9.17, 15) is 9.90 Å². The van der Waals surface area contributed by atoms with Crippen LogP contribution in [0, 0.1) is 62.6 Å². The fourth-order valence-corrected chi connectivity index (χ4v) is 12.4. The molecule has 0 aromatic carbocycles. The molecular weight excluding hydrogens is 602 g/mol. The van der Waals surface area contributed by atoms with Gasteiger partial charge in [-0.15, -0.1) is 5.10 Å². The first kappa shape index (κ1) is 35.8. The van der Waals surface area contributed by atoms with E-state index in [1.807, 2.05) is 11.7 Å². The van der Waals surface area contributed by atoms with E-state index in [1.54, 1.807) is 6.33 Å². The van der Waals surface area contributed by atoms with Crippen molar-refractivity contribution in [3.05, 3.63) is 18.0 Å². The predicted molar refractivity (Wildman–Crippen MR) is 189 cm³/mol. The van der Waals surface area contributed by atoms with E-state index in [-0.39, 0.29) is 50.7 Å². The number of nitrogen functional groups attached to an aromatic ring is 1. The molecule has 1 aromatic rings. The largest absolute Gasteiger partial charge is 0.481 e. The van der Waals surface area contributed by atoms with Crippen LogP contribution in [0.3, 0.4) is 0 Å². The van der Waals surface area contributed by atoms with Gasteiger partial charge in [0.25, 0.3) is 0 Å². The van der Waals surface area contributed by atoms with Crippen molar-refractivity contribution in [1.82, 2.24) is 20.1 Å². The molecule has 270 valence electrons. The van der Waals surface area contributed by atoms with Crippen LogP contribution < -0.4 is 11.1 Å². The van der Waals surface area contributed by atoms with Crippen LogP contribution >= 0.6 is 0 Å². The van der Waals surface area contributed by atoms with Gasteiger partial charge in [0.05, 0.1) is 37.9 Å². The minimum Gasteiger partial charge on any atom is -0.481 e. The first-order valence-corrected chi connectivity index (χ1v) is 18.8. The number of anilines is 1. The van der Waals surface area contributed by atoms with Gasteiger partial charge in [0.1, 0.15) is 6.33 Å². The Hall–Kier alpha value is -1.97. The Morgan fingerprint density at radius 1 is 1.15 bits per heavy atom. The number of ether oxygens (including phenoxy) is 2. The van der Waals surface area contributed by atoms with E-state index in [2.05, 4.69) is 85.6 Å². The first-order valence-electron chi connectivity index (χ1n) is 18.8. The molecule has 4 aliphatic carbocycles. The zero-order chi connectivity index (χ0) is 35.2. The van der Waals surface area contributed by atoms with Gasteiger partial charge < -0.3 is 25.6 Å². The van der Waals surface area contributed by atoms with Crippen molar-refractivity contribution in [2.24, 2.45) is 62.6 Å². The summed E-state index contributed by atoms with van der Waals surface area (Å²) >= 11 is 0. The molecule has 2 bridgehead atoms. The molecule has 1 saturated heterocycles. The topological polar surface area (TPSA) is 125 Å². The van der Waals surface area contributed by atoms with Crippen LogP contribution in [-0.4, -0.2) is 64.4 Å². The van der Waals surface area contributed by atoms with Crippen molar-refractivity contribution < 1.29 is 19.4 Å². The summed E-state index contributed by atoms with van der Waals surface area (Å²) < 4.78 is 15.8. The third kappa shape index (κ3) is 4.82. The van der Waals surface area contributed by atoms with Crippen molar-refractivity contribution >= 4 is 11.9 Å². The number of aromatic nitrogens is 3. The molecule has 5 aliphatic rings. The van der Waals surface area contributed by atoms with Crippen LogP contribution in [0.2, 0.25) is 0 Å². The van der Waals surface area contributed by atoms with Gasteiger partial charge >= 0.3 is 5.97 Å². The summed E-state index contributed by atoms with van der Waals surface area (Å²) in [7, 11) is 2.02. The Morgan fingerprint density at radius 3 is 2.44 bits per heavy atom. The number of carbonyl (C=O) groups is 1.